The first kappa shape index (κ1) is 13.1. The second-order valence-corrected chi connectivity index (χ2v) is 4.81. The summed E-state index contributed by atoms with van der Waals surface area (Å²) in [6.45, 7) is 2.20. The lowest BCUT2D eigenvalue weighted by Gasteiger charge is -2.20. The smallest absolute Gasteiger partial charge is 0.225 e. The molecule has 0 fully saturated rings. The van der Waals surface area contributed by atoms with Crippen LogP contribution in [-0.2, 0) is 16.0 Å². The number of benzene rings is 1. The van der Waals surface area contributed by atoms with Gasteiger partial charge in [-0.2, -0.15) is 0 Å². The number of methoxy groups -OCH3 is 1. The number of aliphatic hydroxyl groups excluding tert-OH is 1. The first-order valence-corrected chi connectivity index (χ1v) is 6.18. The molecule has 1 aromatic carbocycles. The van der Waals surface area contributed by atoms with E-state index < -0.39 is 6.10 Å². The van der Waals surface area contributed by atoms with Crippen molar-refractivity contribution in [2.75, 3.05) is 13.7 Å². The normalized spacial score (nSPS) is 23.5. The van der Waals surface area contributed by atoms with Crippen LogP contribution in [0.4, 0.5) is 0 Å². The quantitative estimate of drug-likeness (QED) is 0.838. The van der Waals surface area contributed by atoms with Gasteiger partial charge >= 0.3 is 0 Å². The third-order valence-electron chi connectivity index (χ3n) is 3.37. The fourth-order valence-corrected chi connectivity index (χ4v) is 2.37. The predicted octanol–water partition coefficient (Wildman–Crippen LogP) is 1.04. The average molecular weight is 249 g/mol. The van der Waals surface area contributed by atoms with E-state index in [2.05, 4.69) is 5.32 Å². The molecule has 0 saturated heterocycles. The maximum absolute atomic E-state index is 11.9. The summed E-state index contributed by atoms with van der Waals surface area (Å²) < 4.78 is 4.96. The Hall–Kier alpha value is -1.39. The molecule has 1 aromatic rings. The van der Waals surface area contributed by atoms with Crippen molar-refractivity contribution in [3.8, 4) is 0 Å². The van der Waals surface area contributed by atoms with Crippen LogP contribution >= 0.6 is 0 Å². The van der Waals surface area contributed by atoms with Gasteiger partial charge in [0.1, 0.15) is 0 Å². The molecular weight excluding hydrogens is 230 g/mol. The Morgan fingerprint density at radius 2 is 2.28 bits per heavy atom. The fourth-order valence-electron chi connectivity index (χ4n) is 2.37. The van der Waals surface area contributed by atoms with Gasteiger partial charge in [-0.05, 0) is 11.1 Å². The number of carbonyl (C=O) groups is 1. The molecule has 98 valence electrons. The lowest BCUT2D eigenvalue weighted by molar-refractivity contribution is -0.127. The maximum Gasteiger partial charge on any atom is 0.225 e. The van der Waals surface area contributed by atoms with E-state index in [-0.39, 0.29) is 17.9 Å². The molecule has 4 nitrogen and oxygen atoms in total. The highest BCUT2D eigenvalue weighted by atomic mass is 16.5. The largest absolute Gasteiger partial charge is 0.390 e. The van der Waals surface area contributed by atoms with Gasteiger partial charge in [0.15, 0.2) is 0 Å². The van der Waals surface area contributed by atoms with Gasteiger partial charge < -0.3 is 15.2 Å². The summed E-state index contributed by atoms with van der Waals surface area (Å²) in [4.78, 5) is 11.9. The van der Waals surface area contributed by atoms with Crippen molar-refractivity contribution in [2.24, 2.45) is 5.92 Å². The molecule has 0 heterocycles. The van der Waals surface area contributed by atoms with E-state index in [9.17, 15) is 9.90 Å². The highest BCUT2D eigenvalue weighted by Gasteiger charge is 2.32. The summed E-state index contributed by atoms with van der Waals surface area (Å²) in [5.74, 6) is -0.299. The minimum atomic E-state index is -0.541. The first-order chi connectivity index (χ1) is 8.63. The van der Waals surface area contributed by atoms with E-state index in [4.69, 9.17) is 4.74 Å². The van der Waals surface area contributed by atoms with Gasteiger partial charge in [0.05, 0.1) is 24.7 Å². The van der Waals surface area contributed by atoms with Gasteiger partial charge in [0.2, 0.25) is 5.91 Å². The Labute approximate surface area is 107 Å². The van der Waals surface area contributed by atoms with Gasteiger partial charge in [-0.3, -0.25) is 4.79 Å². The van der Waals surface area contributed by atoms with Crippen molar-refractivity contribution in [3.05, 3.63) is 35.4 Å². The number of nitrogens with one attached hydrogen (secondary N) is 1. The predicted molar refractivity (Wildman–Crippen MR) is 68.1 cm³/mol. The van der Waals surface area contributed by atoms with Crippen LogP contribution in [0.25, 0.3) is 0 Å². The Morgan fingerprint density at radius 3 is 3.00 bits per heavy atom. The van der Waals surface area contributed by atoms with E-state index in [0.29, 0.717) is 13.0 Å². The Kier molecular flexibility index (Phi) is 3.99. The van der Waals surface area contributed by atoms with Gasteiger partial charge in [-0.1, -0.05) is 31.2 Å². The number of fused-ring (bicyclic) bond motifs is 1. The number of aliphatic hydroxyl groups is 1. The second kappa shape index (κ2) is 5.50. The van der Waals surface area contributed by atoms with Crippen LogP contribution < -0.4 is 5.32 Å². The molecule has 2 N–H and O–H groups in total. The molecule has 18 heavy (non-hydrogen) atoms. The molecule has 0 aliphatic heterocycles. The van der Waals surface area contributed by atoms with Gasteiger partial charge in [0.25, 0.3) is 0 Å². The van der Waals surface area contributed by atoms with Crippen molar-refractivity contribution in [3.63, 3.8) is 0 Å². The molecule has 0 spiro atoms. The van der Waals surface area contributed by atoms with Crippen molar-refractivity contribution < 1.29 is 14.6 Å². The van der Waals surface area contributed by atoms with E-state index in [0.717, 1.165) is 11.1 Å². The summed E-state index contributed by atoms with van der Waals surface area (Å²) >= 11 is 0. The van der Waals surface area contributed by atoms with Crippen LogP contribution in [0.3, 0.4) is 0 Å². The molecule has 3 atom stereocenters. The van der Waals surface area contributed by atoms with E-state index in [1.165, 1.54) is 0 Å². The molecular formula is C14H19NO3. The van der Waals surface area contributed by atoms with Crippen molar-refractivity contribution >= 4 is 5.91 Å². The molecule has 2 rings (SSSR count). The highest BCUT2D eigenvalue weighted by molar-refractivity contribution is 5.79. The lowest BCUT2D eigenvalue weighted by atomic mass is 10.1. The topological polar surface area (TPSA) is 58.6 Å². The van der Waals surface area contributed by atoms with Crippen LogP contribution in [-0.4, -0.2) is 30.8 Å². The molecule has 4 heteroatoms. The highest BCUT2D eigenvalue weighted by Crippen LogP contribution is 2.31. The molecule has 0 saturated carbocycles. The minimum absolute atomic E-state index is 0.0856. The van der Waals surface area contributed by atoms with Crippen LogP contribution in [0.15, 0.2) is 24.3 Å². The molecule has 3 unspecified atom stereocenters. The van der Waals surface area contributed by atoms with Crippen LogP contribution in [0.5, 0.6) is 0 Å². The SMILES string of the molecule is COCC(C)C(=O)NC1c2ccccc2CC1O. The summed E-state index contributed by atoms with van der Waals surface area (Å²) in [7, 11) is 1.57. The lowest BCUT2D eigenvalue weighted by Crippen LogP contribution is -2.38. The number of hydrogen-bond acceptors (Lipinski definition) is 3. The van der Waals surface area contributed by atoms with Crippen molar-refractivity contribution in [2.45, 2.75) is 25.5 Å². The molecule has 0 aromatic heterocycles. The standard InChI is InChI=1S/C14H19NO3/c1-9(8-18-2)14(17)15-13-11-6-4-3-5-10(11)7-12(13)16/h3-6,9,12-13,16H,7-8H2,1-2H3,(H,15,17). The summed E-state index contributed by atoms with van der Waals surface area (Å²) in [6, 6.07) is 7.52. The molecule has 0 radical (unpaired) electrons. The van der Waals surface area contributed by atoms with Crippen LogP contribution in [0.1, 0.15) is 24.1 Å². The first-order valence-electron chi connectivity index (χ1n) is 6.18. The monoisotopic (exact) mass is 249 g/mol. The van der Waals surface area contributed by atoms with Crippen molar-refractivity contribution in [1.82, 2.24) is 5.32 Å². The summed E-state index contributed by atoms with van der Waals surface area (Å²) in [5.41, 5.74) is 2.12. The minimum Gasteiger partial charge on any atom is -0.390 e. The number of carbonyl (C=O) groups excluding carboxylic acids is 1. The van der Waals surface area contributed by atoms with Crippen LogP contribution in [0.2, 0.25) is 0 Å². The maximum atomic E-state index is 11.9. The zero-order valence-corrected chi connectivity index (χ0v) is 10.7. The molecule has 1 aliphatic rings. The van der Waals surface area contributed by atoms with E-state index >= 15 is 0 Å². The summed E-state index contributed by atoms with van der Waals surface area (Å²) in [5, 5.41) is 12.9. The van der Waals surface area contributed by atoms with E-state index in [1.807, 2.05) is 31.2 Å². The third-order valence-corrected chi connectivity index (χ3v) is 3.37. The van der Waals surface area contributed by atoms with E-state index in [1.54, 1.807) is 7.11 Å². The van der Waals surface area contributed by atoms with Gasteiger partial charge in [-0.15, -0.1) is 0 Å². The van der Waals surface area contributed by atoms with Gasteiger partial charge in [0, 0.05) is 13.5 Å². The van der Waals surface area contributed by atoms with Crippen molar-refractivity contribution in [1.29, 1.82) is 0 Å². The Morgan fingerprint density at radius 1 is 1.56 bits per heavy atom. The Bertz CT molecular complexity index is 433. The Balaban J connectivity index is 2.08. The molecule has 1 amide bonds. The second-order valence-electron chi connectivity index (χ2n) is 4.81. The number of ether oxygens (including phenoxy) is 1. The number of amides is 1. The zero-order chi connectivity index (χ0) is 13.1. The number of hydrogen-bond donors (Lipinski definition) is 2. The average Bonchev–Trinajstić information content (AvgIpc) is 2.66. The summed E-state index contributed by atoms with van der Waals surface area (Å²) in [6.07, 6.45) is 0.0563. The zero-order valence-electron chi connectivity index (χ0n) is 10.7. The van der Waals surface area contributed by atoms with Gasteiger partial charge in [-0.25, -0.2) is 0 Å². The van der Waals surface area contributed by atoms with Crippen LogP contribution in [0, 0.1) is 5.92 Å². The number of rotatable bonds is 4. The fraction of sp³-hybridized carbons (Fsp3) is 0.500. The molecule has 0 bridgehead atoms. The molecule has 1 aliphatic carbocycles. The third kappa shape index (κ3) is 2.54.